The van der Waals surface area contributed by atoms with Crippen molar-refractivity contribution in [3.05, 3.63) is 66.2 Å². The molecule has 2 rings (SSSR count). The van der Waals surface area contributed by atoms with E-state index in [1.807, 2.05) is 0 Å². The largest absolute Gasteiger partial charge is 0.508 e. The molecule has 0 aliphatic carbocycles. The Bertz CT molecular complexity index is 716. The summed E-state index contributed by atoms with van der Waals surface area (Å²) in [7, 11) is 0. The van der Waals surface area contributed by atoms with E-state index < -0.39 is 11.9 Å². The van der Waals surface area contributed by atoms with Crippen LogP contribution in [0, 0.1) is 6.92 Å². The van der Waals surface area contributed by atoms with Crippen molar-refractivity contribution < 1.29 is 24.2 Å². The molecule has 1 N–H and O–H groups in total. The van der Waals surface area contributed by atoms with Crippen LogP contribution in [0.4, 0.5) is 0 Å². The maximum Gasteiger partial charge on any atom is 0.343 e. The molecule has 0 spiro atoms. The standard InChI is InChI=1S/C17H14O5/c1-3-16(19)21-14-7-4-12(5-8-14)17(20)22-15-9-6-13(18)10-11(15)2/h3-10,18H,1H2,2H3. The van der Waals surface area contributed by atoms with Gasteiger partial charge in [-0.2, -0.15) is 0 Å². The highest BCUT2D eigenvalue weighted by atomic mass is 16.5. The minimum absolute atomic E-state index is 0.102. The van der Waals surface area contributed by atoms with Gasteiger partial charge in [0.2, 0.25) is 0 Å². The highest BCUT2D eigenvalue weighted by Gasteiger charge is 2.11. The third-order valence-electron chi connectivity index (χ3n) is 2.84. The summed E-state index contributed by atoms with van der Waals surface area (Å²) < 4.78 is 10.2. The molecule has 112 valence electrons. The van der Waals surface area contributed by atoms with Crippen LogP contribution in [0.1, 0.15) is 15.9 Å². The maximum atomic E-state index is 12.0. The maximum absolute atomic E-state index is 12.0. The van der Waals surface area contributed by atoms with Gasteiger partial charge >= 0.3 is 11.9 Å². The molecule has 2 aromatic carbocycles. The lowest BCUT2D eigenvalue weighted by atomic mass is 10.2. The highest BCUT2D eigenvalue weighted by Crippen LogP contribution is 2.23. The molecule has 0 atom stereocenters. The molecule has 0 saturated carbocycles. The lowest BCUT2D eigenvalue weighted by Gasteiger charge is -2.08. The molecule has 5 heteroatoms. The number of rotatable bonds is 4. The Morgan fingerprint density at radius 2 is 1.77 bits per heavy atom. The Morgan fingerprint density at radius 3 is 2.36 bits per heavy atom. The number of hydrogen-bond acceptors (Lipinski definition) is 5. The summed E-state index contributed by atoms with van der Waals surface area (Å²) in [5.74, 6) is -0.344. The smallest absolute Gasteiger partial charge is 0.343 e. The first kappa shape index (κ1) is 15.3. The van der Waals surface area contributed by atoms with E-state index >= 15 is 0 Å². The Hall–Kier alpha value is -3.08. The van der Waals surface area contributed by atoms with Crippen LogP contribution < -0.4 is 9.47 Å². The summed E-state index contributed by atoms with van der Waals surface area (Å²) in [6.45, 7) is 5.02. The van der Waals surface area contributed by atoms with Gasteiger partial charge in [-0.15, -0.1) is 0 Å². The van der Waals surface area contributed by atoms with E-state index in [0.717, 1.165) is 6.08 Å². The summed E-state index contributed by atoms with van der Waals surface area (Å²) in [6.07, 6.45) is 1.05. The molecule has 0 bridgehead atoms. The minimum atomic E-state index is -0.574. The average molecular weight is 298 g/mol. The van der Waals surface area contributed by atoms with E-state index in [1.165, 1.54) is 42.5 Å². The molecule has 0 fully saturated rings. The van der Waals surface area contributed by atoms with Crippen LogP contribution in [-0.2, 0) is 4.79 Å². The molecule has 5 nitrogen and oxygen atoms in total. The second-order valence-corrected chi connectivity index (χ2v) is 4.49. The topological polar surface area (TPSA) is 72.8 Å². The first-order chi connectivity index (χ1) is 10.5. The number of phenolic OH excluding ortho intramolecular Hbond substituents is 1. The van der Waals surface area contributed by atoms with Crippen LogP contribution in [0.3, 0.4) is 0 Å². The fourth-order valence-electron chi connectivity index (χ4n) is 1.72. The number of benzene rings is 2. The van der Waals surface area contributed by atoms with Crippen LogP contribution in [0.5, 0.6) is 17.2 Å². The number of carbonyl (C=O) groups excluding carboxylic acids is 2. The lowest BCUT2D eigenvalue weighted by molar-refractivity contribution is -0.128. The molecule has 0 radical (unpaired) electrons. The molecule has 0 aromatic heterocycles. The Balaban J connectivity index is 2.09. The molecule has 0 saturated heterocycles. The fourth-order valence-corrected chi connectivity index (χ4v) is 1.72. The van der Waals surface area contributed by atoms with Gasteiger partial charge in [0.15, 0.2) is 0 Å². The van der Waals surface area contributed by atoms with E-state index in [0.29, 0.717) is 22.6 Å². The molecule has 0 amide bonds. The predicted molar refractivity (Wildman–Crippen MR) is 80.1 cm³/mol. The number of ether oxygens (including phenoxy) is 2. The fraction of sp³-hybridized carbons (Fsp3) is 0.0588. The van der Waals surface area contributed by atoms with Gasteiger partial charge in [0.1, 0.15) is 17.2 Å². The molecule has 0 heterocycles. The summed E-state index contributed by atoms with van der Waals surface area (Å²) in [5, 5.41) is 9.32. The Labute approximate surface area is 127 Å². The molecule has 22 heavy (non-hydrogen) atoms. The second kappa shape index (κ2) is 6.58. The number of phenols is 1. The number of esters is 2. The molecule has 2 aromatic rings. The Morgan fingerprint density at radius 1 is 1.09 bits per heavy atom. The van der Waals surface area contributed by atoms with Gasteiger partial charge in [-0.25, -0.2) is 9.59 Å². The summed E-state index contributed by atoms with van der Waals surface area (Å²) in [5.41, 5.74) is 0.954. The summed E-state index contributed by atoms with van der Waals surface area (Å²) >= 11 is 0. The van der Waals surface area contributed by atoms with Crippen molar-refractivity contribution in [2.24, 2.45) is 0 Å². The minimum Gasteiger partial charge on any atom is -0.508 e. The van der Waals surface area contributed by atoms with Gasteiger partial charge in [0.25, 0.3) is 0 Å². The zero-order chi connectivity index (χ0) is 16.1. The zero-order valence-corrected chi connectivity index (χ0v) is 11.9. The molecule has 0 aliphatic heterocycles. The van der Waals surface area contributed by atoms with Crippen molar-refractivity contribution in [3.8, 4) is 17.2 Å². The zero-order valence-electron chi connectivity index (χ0n) is 11.9. The molecular formula is C17H14O5. The number of carbonyl (C=O) groups is 2. The quantitative estimate of drug-likeness (QED) is 0.533. The Kier molecular flexibility index (Phi) is 4.58. The molecule has 0 aliphatic rings. The lowest BCUT2D eigenvalue weighted by Crippen LogP contribution is -2.09. The number of aryl methyl sites for hydroxylation is 1. The van der Waals surface area contributed by atoms with Crippen LogP contribution in [0.25, 0.3) is 0 Å². The number of hydrogen-bond donors (Lipinski definition) is 1. The molecular weight excluding hydrogens is 284 g/mol. The SMILES string of the molecule is C=CC(=O)Oc1ccc(C(=O)Oc2ccc(O)cc2C)cc1. The van der Waals surface area contributed by atoms with E-state index in [1.54, 1.807) is 6.92 Å². The van der Waals surface area contributed by atoms with Gasteiger partial charge in [-0.1, -0.05) is 6.58 Å². The van der Waals surface area contributed by atoms with Crippen molar-refractivity contribution >= 4 is 11.9 Å². The van der Waals surface area contributed by atoms with Crippen LogP contribution in [-0.4, -0.2) is 17.0 Å². The summed E-state index contributed by atoms with van der Waals surface area (Å²) in [4.78, 5) is 23.1. The van der Waals surface area contributed by atoms with Gasteiger partial charge in [0, 0.05) is 6.08 Å². The van der Waals surface area contributed by atoms with Gasteiger partial charge in [-0.05, 0) is 55.0 Å². The summed E-state index contributed by atoms with van der Waals surface area (Å²) in [6, 6.07) is 10.4. The third-order valence-corrected chi connectivity index (χ3v) is 2.84. The van der Waals surface area contributed by atoms with Crippen molar-refractivity contribution in [2.75, 3.05) is 0 Å². The normalized spacial score (nSPS) is 9.86. The van der Waals surface area contributed by atoms with E-state index in [2.05, 4.69) is 6.58 Å². The third kappa shape index (κ3) is 3.73. The number of aromatic hydroxyl groups is 1. The molecule has 0 unspecified atom stereocenters. The van der Waals surface area contributed by atoms with Crippen molar-refractivity contribution in [1.29, 1.82) is 0 Å². The van der Waals surface area contributed by atoms with Crippen molar-refractivity contribution in [1.82, 2.24) is 0 Å². The second-order valence-electron chi connectivity index (χ2n) is 4.49. The first-order valence-corrected chi connectivity index (χ1v) is 6.45. The van der Waals surface area contributed by atoms with Crippen molar-refractivity contribution in [3.63, 3.8) is 0 Å². The van der Waals surface area contributed by atoms with Crippen LogP contribution in [0.15, 0.2) is 55.1 Å². The van der Waals surface area contributed by atoms with E-state index in [4.69, 9.17) is 9.47 Å². The van der Waals surface area contributed by atoms with Gasteiger partial charge in [0.05, 0.1) is 5.56 Å². The van der Waals surface area contributed by atoms with Crippen LogP contribution in [0.2, 0.25) is 0 Å². The van der Waals surface area contributed by atoms with E-state index in [9.17, 15) is 14.7 Å². The van der Waals surface area contributed by atoms with Crippen LogP contribution >= 0.6 is 0 Å². The van der Waals surface area contributed by atoms with Gasteiger partial charge in [-0.3, -0.25) is 0 Å². The van der Waals surface area contributed by atoms with Gasteiger partial charge < -0.3 is 14.6 Å². The first-order valence-electron chi connectivity index (χ1n) is 6.45. The monoisotopic (exact) mass is 298 g/mol. The highest BCUT2D eigenvalue weighted by molar-refractivity contribution is 5.91. The average Bonchev–Trinajstić information content (AvgIpc) is 2.50. The van der Waals surface area contributed by atoms with Crippen molar-refractivity contribution in [2.45, 2.75) is 6.92 Å². The predicted octanol–water partition coefficient (Wildman–Crippen LogP) is 3.01. The van der Waals surface area contributed by atoms with E-state index in [-0.39, 0.29) is 5.75 Å².